The van der Waals surface area contributed by atoms with Crippen LogP contribution in [0.2, 0.25) is 0 Å². The van der Waals surface area contributed by atoms with E-state index in [-0.39, 0.29) is 0 Å². The van der Waals surface area contributed by atoms with Gasteiger partial charge in [-0.15, -0.1) is 11.8 Å². The number of pyridine rings is 1. The summed E-state index contributed by atoms with van der Waals surface area (Å²) >= 11 is 1.89. The third-order valence-electron chi connectivity index (χ3n) is 3.28. The standard InChI is InChI=1S/C14H22N2S/c1-4-16-10-6-8-13(16)12-7-5-9-15-14(12)17-11(2)3/h5,7,9,11,13H,4,6,8,10H2,1-3H3. The van der Waals surface area contributed by atoms with Gasteiger partial charge in [0.2, 0.25) is 0 Å². The first-order valence-corrected chi connectivity index (χ1v) is 7.46. The molecule has 1 atom stereocenters. The van der Waals surface area contributed by atoms with Crippen LogP contribution in [0.15, 0.2) is 23.4 Å². The SMILES string of the molecule is CCN1CCCC1c1cccnc1SC(C)C. The van der Waals surface area contributed by atoms with Crippen LogP contribution in [0.5, 0.6) is 0 Å². The molecule has 3 heteroatoms. The summed E-state index contributed by atoms with van der Waals surface area (Å²) in [6.07, 6.45) is 4.52. The molecule has 1 saturated heterocycles. The number of hydrogen-bond acceptors (Lipinski definition) is 3. The first kappa shape index (κ1) is 12.9. The fraction of sp³-hybridized carbons (Fsp3) is 0.643. The molecular weight excluding hydrogens is 228 g/mol. The first-order valence-electron chi connectivity index (χ1n) is 6.58. The Hall–Kier alpha value is -0.540. The van der Waals surface area contributed by atoms with Crippen molar-refractivity contribution in [2.75, 3.05) is 13.1 Å². The predicted molar refractivity (Wildman–Crippen MR) is 74.5 cm³/mol. The average molecular weight is 250 g/mol. The number of likely N-dealkylation sites (tertiary alicyclic amines) is 1. The number of aromatic nitrogens is 1. The van der Waals surface area contributed by atoms with Crippen molar-refractivity contribution in [3.63, 3.8) is 0 Å². The molecule has 0 saturated carbocycles. The van der Waals surface area contributed by atoms with Gasteiger partial charge in [-0.05, 0) is 32.0 Å². The Labute approximate surface area is 109 Å². The predicted octanol–water partition coefficient (Wildman–Crippen LogP) is 3.74. The monoisotopic (exact) mass is 250 g/mol. The fourth-order valence-electron chi connectivity index (χ4n) is 2.54. The molecule has 1 unspecified atom stereocenters. The van der Waals surface area contributed by atoms with Gasteiger partial charge < -0.3 is 0 Å². The third kappa shape index (κ3) is 3.02. The minimum absolute atomic E-state index is 0.593. The molecule has 2 heterocycles. The summed E-state index contributed by atoms with van der Waals surface area (Å²) in [5, 5.41) is 1.83. The average Bonchev–Trinajstić information content (AvgIpc) is 2.77. The van der Waals surface area contributed by atoms with E-state index in [1.54, 1.807) is 0 Å². The number of thioether (sulfide) groups is 1. The molecule has 1 aliphatic rings. The van der Waals surface area contributed by atoms with Gasteiger partial charge in [0.25, 0.3) is 0 Å². The van der Waals surface area contributed by atoms with E-state index in [0.717, 1.165) is 6.54 Å². The van der Waals surface area contributed by atoms with Gasteiger partial charge in [0.05, 0.1) is 0 Å². The molecule has 2 nitrogen and oxygen atoms in total. The van der Waals surface area contributed by atoms with Crippen molar-refractivity contribution in [3.05, 3.63) is 23.9 Å². The maximum atomic E-state index is 4.57. The minimum atomic E-state index is 0.593. The Bertz CT molecular complexity index is 365. The molecular formula is C14H22N2S. The molecule has 0 spiro atoms. The second-order valence-electron chi connectivity index (χ2n) is 4.85. The molecule has 0 aromatic carbocycles. The first-order chi connectivity index (χ1) is 8.22. The topological polar surface area (TPSA) is 16.1 Å². The highest BCUT2D eigenvalue weighted by atomic mass is 32.2. The Balaban J connectivity index is 2.24. The highest BCUT2D eigenvalue weighted by Gasteiger charge is 2.27. The molecule has 0 amide bonds. The maximum absolute atomic E-state index is 4.57. The smallest absolute Gasteiger partial charge is 0.101 e. The summed E-state index contributed by atoms with van der Waals surface area (Å²) in [5.74, 6) is 0. The summed E-state index contributed by atoms with van der Waals surface area (Å²) in [7, 11) is 0. The van der Waals surface area contributed by atoms with Crippen LogP contribution in [0.25, 0.3) is 0 Å². The second-order valence-corrected chi connectivity index (χ2v) is 6.42. The number of rotatable bonds is 4. The zero-order valence-electron chi connectivity index (χ0n) is 11.0. The Kier molecular flexibility index (Phi) is 4.46. The summed E-state index contributed by atoms with van der Waals surface area (Å²) in [4.78, 5) is 7.14. The van der Waals surface area contributed by atoms with E-state index in [4.69, 9.17) is 0 Å². The molecule has 0 aliphatic carbocycles. The molecule has 0 bridgehead atoms. The van der Waals surface area contributed by atoms with Crippen molar-refractivity contribution in [1.29, 1.82) is 0 Å². The highest BCUT2D eigenvalue weighted by Crippen LogP contribution is 2.36. The molecule has 2 rings (SSSR count). The Morgan fingerprint density at radius 1 is 1.53 bits per heavy atom. The number of nitrogens with zero attached hydrogens (tertiary/aromatic N) is 2. The van der Waals surface area contributed by atoms with Crippen LogP contribution in [0.1, 0.15) is 45.2 Å². The van der Waals surface area contributed by atoms with Gasteiger partial charge >= 0.3 is 0 Å². The van der Waals surface area contributed by atoms with E-state index < -0.39 is 0 Å². The Morgan fingerprint density at radius 2 is 2.35 bits per heavy atom. The van der Waals surface area contributed by atoms with E-state index >= 15 is 0 Å². The molecule has 0 radical (unpaired) electrons. The van der Waals surface area contributed by atoms with Gasteiger partial charge in [0.15, 0.2) is 0 Å². The van der Waals surface area contributed by atoms with Crippen molar-refractivity contribution in [1.82, 2.24) is 9.88 Å². The van der Waals surface area contributed by atoms with Crippen LogP contribution in [0.3, 0.4) is 0 Å². The van der Waals surface area contributed by atoms with Gasteiger partial charge in [-0.1, -0.05) is 26.8 Å². The van der Waals surface area contributed by atoms with Crippen molar-refractivity contribution in [2.24, 2.45) is 0 Å². The molecule has 1 fully saturated rings. The lowest BCUT2D eigenvalue weighted by Gasteiger charge is -2.24. The van der Waals surface area contributed by atoms with Gasteiger partial charge in [-0.25, -0.2) is 4.98 Å². The third-order valence-corrected chi connectivity index (χ3v) is 4.31. The van der Waals surface area contributed by atoms with E-state index in [9.17, 15) is 0 Å². The van der Waals surface area contributed by atoms with E-state index in [1.807, 2.05) is 18.0 Å². The molecule has 0 N–H and O–H groups in total. The quantitative estimate of drug-likeness (QED) is 0.757. The summed E-state index contributed by atoms with van der Waals surface area (Å²) in [6, 6.07) is 4.93. The lowest BCUT2D eigenvalue weighted by molar-refractivity contribution is 0.268. The molecule has 17 heavy (non-hydrogen) atoms. The fourth-order valence-corrected chi connectivity index (χ4v) is 3.44. The van der Waals surface area contributed by atoms with Gasteiger partial charge in [-0.2, -0.15) is 0 Å². The van der Waals surface area contributed by atoms with Crippen LogP contribution in [0, 0.1) is 0 Å². The van der Waals surface area contributed by atoms with Crippen LogP contribution in [-0.2, 0) is 0 Å². The largest absolute Gasteiger partial charge is 0.297 e. The van der Waals surface area contributed by atoms with Gasteiger partial charge in [0, 0.05) is 23.1 Å². The highest BCUT2D eigenvalue weighted by molar-refractivity contribution is 7.99. The zero-order chi connectivity index (χ0) is 12.3. The molecule has 1 aromatic rings. The van der Waals surface area contributed by atoms with E-state index in [1.165, 1.54) is 30.0 Å². The van der Waals surface area contributed by atoms with Gasteiger partial charge in [-0.3, -0.25) is 4.90 Å². The van der Waals surface area contributed by atoms with Crippen molar-refractivity contribution < 1.29 is 0 Å². The summed E-state index contributed by atoms with van der Waals surface area (Å²) in [5.41, 5.74) is 1.44. The molecule has 1 aromatic heterocycles. The zero-order valence-corrected chi connectivity index (χ0v) is 11.8. The summed E-state index contributed by atoms with van der Waals surface area (Å²) < 4.78 is 0. The van der Waals surface area contributed by atoms with Crippen molar-refractivity contribution in [3.8, 4) is 0 Å². The second kappa shape index (κ2) is 5.87. The van der Waals surface area contributed by atoms with E-state index in [2.05, 4.69) is 42.8 Å². The van der Waals surface area contributed by atoms with Crippen LogP contribution in [-0.4, -0.2) is 28.2 Å². The lowest BCUT2D eigenvalue weighted by atomic mass is 10.1. The van der Waals surface area contributed by atoms with Gasteiger partial charge in [0.1, 0.15) is 5.03 Å². The van der Waals surface area contributed by atoms with Crippen LogP contribution < -0.4 is 0 Å². The minimum Gasteiger partial charge on any atom is -0.297 e. The van der Waals surface area contributed by atoms with Crippen molar-refractivity contribution in [2.45, 2.75) is 49.9 Å². The molecule has 94 valence electrons. The van der Waals surface area contributed by atoms with Crippen LogP contribution >= 0.6 is 11.8 Å². The molecule has 1 aliphatic heterocycles. The maximum Gasteiger partial charge on any atom is 0.101 e. The van der Waals surface area contributed by atoms with E-state index in [0.29, 0.717) is 11.3 Å². The normalized spacial score (nSPS) is 21.3. The van der Waals surface area contributed by atoms with Crippen LogP contribution in [0.4, 0.5) is 0 Å². The summed E-state index contributed by atoms with van der Waals surface area (Å²) in [6.45, 7) is 9.10. The van der Waals surface area contributed by atoms with Crippen molar-refractivity contribution >= 4 is 11.8 Å². The number of hydrogen-bond donors (Lipinski definition) is 0. The lowest BCUT2D eigenvalue weighted by Crippen LogP contribution is -2.23. The Morgan fingerprint density at radius 3 is 3.06 bits per heavy atom.